The predicted molar refractivity (Wildman–Crippen MR) is 61.4 cm³/mol. The molecule has 0 aromatic heterocycles. The van der Waals surface area contributed by atoms with E-state index in [1.165, 1.54) is 5.56 Å². The van der Waals surface area contributed by atoms with Crippen LogP contribution in [0.5, 0.6) is 5.75 Å². The molecule has 82 valence electrons. The first kappa shape index (κ1) is 11.8. The summed E-state index contributed by atoms with van der Waals surface area (Å²) in [6, 6.07) is 5.98. The highest BCUT2D eigenvalue weighted by Gasteiger charge is 2.04. The molecule has 15 heavy (non-hydrogen) atoms. The predicted octanol–water partition coefficient (Wildman–Crippen LogP) is 2.78. The van der Waals surface area contributed by atoms with Gasteiger partial charge in [0.1, 0.15) is 11.5 Å². The second-order valence-corrected chi connectivity index (χ2v) is 3.61. The van der Waals surface area contributed by atoms with Gasteiger partial charge in [-0.15, -0.1) is 0 Å². The lowest BCUT2D eigenvalue weighted by molar-refractivity contribution is -0.116. The summed E-state index contributed by atoms with van der Waals surface area (Å²) in [6.45, 7) is 6.36. The van der Waals surface area contributed by atoms with Gasteiger partial charge in [-0.05, 0) is 37.5 Å². The standard InChI is InChI=1S/C13H18O2/c1-4-12-9-11(8-10(3)14)6-7-13(12)15-5-2/h6-7,9H,4-5,8H2,1-3H3. The Balaban J connectivity index is 2.91. The van der Waals surface area contributed by atoms with Crippen LogP contribution in [0, 0.1) is 0 Å². The first-order chi connectivity index (χ1) is 7.17. The van der Waals surface area contributed by atoms with Crippen molar-refractivity contribution in [1.29, 1.82) is 0 Å². The van der Waals surface area contributed by atoms with Gasteiger partial charge in [0.15, 0.2) is 0 Å². The van der Waals surface area contributed by atoms with Crippen LogP contribution >= 0.6 is 0 Å². The molecule has 0 atom stereocenters. The van der Waals surface area contributed by atoms with Gasteiger partial charge in [-0.25, -0.2) is 0 Å². The van der Waals surface area contributed by atoms with Crippen molar-refractivity contribution < 1.29 is 9.53 Å². The molecule has 0 aliphatic rings. The number of ether oxygens (including phenoxy) is 1. The molecule has 0 aliphatic heterocycles. The molecular weight excluding hydrogens is 188 g/mol. The topological polar surface area (TPSA) is 26.3 Å². The van der Waals surface area contributed by atoms with E-state index in [0.29, 0.717) is 13.0 Å². The molecule has 0 heterocycles. The van der Waals surface area contributed by atoms with Gasteiger partial charge in [-0.1, -0.05) is 19.1 Å². The maximum absolute atomic E-state index is 11.0. The molecule has 0 amide bonds. The van der Waals surface area contributed by atoms with Gasteiger partial charge in [0.05, 0.1) is 6.61 Å². The van der Waals surface area contributed by atoms with Crippen molar-refractivity contribution in [3.8, 4) is 5.75 Å². The molecular formula is C13H18O2. The average molecular weight is 206 g/mol. The van der Waals surface area contributed by atoms with Crippen LogP contribution < -0.4 is 4.74 Å². The summed E-state index contributed by atoms with van der Waals surface area (Å²) >= 11 is 0. The molecule has 2 heteroatoms. The molecule has 0 unspecified atom stereocenters. The number of hydrogen-bond donors (Lipinski definition) is 0. The molecule has 0 radical (unpaired) electrons. The number of hydrogen-bond acceptors (Lipinski definition) is 2. The lowest BCUT2D eigenvalue weighted by Crippen LogP contribution is -2.00. The molecule has 1 aromatic rings. The number of carbonyl (C=O) groups excluding carboxylic acids is 1. The molecule has 1 aromatic carbocycles. The van der Waals surface area contributed by atoms with E-state index >= 15 is 0 Å². The molecule has 0 fully saturated rings. The molecule has 2 nitrogen and oxygen atoms in total. The molecule has 0 saturated heterocycles. The Hall–Kier alpha value is -1.31. The minimum absolute atomic E-state index is 0.196. The van der Waals surface area contributed by atoms with E-state index in [2.05, 4.69) is 13.0 Å². The van der Waals surface area contributed by atoms with Gasteiger partial charge >= 0.3 is 0 Å². The van der Waals surface area contributed by atoms with E-state index in [-0.39, 0.29) is 5.78 Å². The summed E-state index contributed by atoms with van der Waals surface area (Å²) < 4.78 is 5.50. The number of aryl methyl sites for hydroxylation is 1. The minimum atomic E-state index is 0.196. The van der Waals surface area contributed by atoms with Gasteiger partial charge in [-0.3, -0.25) is 4.79 Å². The van der Waals surface area contributed by atoms with Crippen LogP contribution in [-0.4, -0.2) is 12.4 Å². The van der Waals surface area contributed by atoms with Gasteiger partial charge < -0.3 is 4.74 Å². The van der Waals surface area contributed by atoms with E-state index in [9.17, 15) is 4.79 Å². The van der Waals surface area contributed by atoms with Crippen molar-refractivity contribution in [2.45, 2.75) is 33.6 Å². The van der Waals surface area contributed by atoms with Crippen LogP contribution in [0.15, 0.2) is 18.2 Å². The quantitative estimate of drug-likeness (QED) is 0.740. The summed E-state index contributed by atoms with van der Waals surface area (Å²) in [5.74, 6) is 1.13. The number of benzene rings is 1. The third-order valence-electron chi connectivity index (χ3n) is 2.26. The lowest BCUT2D eigenvalue weighted by Gasteiger charge is -2.10. The normalized spacial score (nSPS) is 10.1. The van der Waals surface area contributed by atoms with Crippen LogP contribution in [0.1, 0.15) is 31.9 Å². The van der Waals surface area contributed by atoms with Crippen LogP contribution in [-0.2, 0) is 17.6 Å². The Morgan fingerprint density at radius 1 is 1.33 bits per heavy atom. The third-order valence-corrected chi connectivity index (χ3v) is 2.26. The summed E-state index contributed by atoms with van der Waals surface area (Å²) in [4.78, 5) is 11.0. The van der Waals surface area contributed by atoms with E-state index in [4.69, 9.17) is 4.74 Å². The first-order valence-electron chi connectivity index (χ1n) is 5.41. The van der Waals surface area contributed by atoms with Crippen LogP contribution in [0.25, 0.3) is 0 Å². The van der Waals surface area contributed by atoms with Crippen molar-refractivity contribution in [3.05, 3.63) is 29.3 Å². The maximum Gasteiger partial charge on any atom is 0.134 e. The molecule has 0 N–H and O–H groups in total. The zero-order valence-electron chi connectivity index (χ0n) is 9.67. The summed E-state index contributed by atoms with van der Waals surface area (Å²) in [5.41, 5.74) is 2.25. The Kier molecular flexibility index (Phi) is 4.35. The number of ketones is 1. The highest BCUT2D eigenvalue weighted by Crippen LogP contribution is 2.21. The monoisotopic (exact) mass is 206 g/mol. The summed E-state index contributed by atoms with van der Waals surface area (Å²) in [7, 11) is 0. The Labute approximate surface area is 91.3 Å². The zero-order chi connectivity index (χ0) is 11.3. The molecule has 0 aliphatic carbocycles. The van der Waals surface area contributed by atoms with Crippen LogP contribution in [0.4, 0.5) is 0 Å². The zero-order valence-corrected chi connectivity index (χ0v) is 9.67. The highest BCUT2D eigenvalue weighted by molar-refractivity contribution is 5.78. The number of rotatable bonds is 5. The van der Waals surface area contributed by atoms with Crippen molar-refractivity contribution in [2.75, 3.05) is 6.61 Å². The van der Waals surface area contributed by atoms with E-state index < -0.39 is 0 Å². The SMILES string of the molecule is CCOc1ccc(CC(C)=O)cc1CC. The average Bonchev–Trinajstić information content (AvgIpc) is 2.20. The molecule has 0 bridgehead atoms. The fraction of sp³-hybridized carbons (Fsp3) is 0.462. The molecule has 0 spiro atoms. The first-order valence-corrected chi connectivity index (χ1v) is 5.41. The van der Waals surface area contributed by atoms with Crippen molar-refractivity contribution in [1.82, 2.24) is 0 Å². The Morgan fingerprint density at radius 3 is 2.60 bits per heavy atom. The largest absolute Gasteiger partial charge is 0.494 e. The second kappa shape index (κ2) is 5.54. The van der Waals surface area contributed by atoms with E-state index in [1.54, 1.807) is 6.92 Å². The third kappa shape index (κ3) is 3.39. The fourth-order valence-electron chi connectivity index (χ4n) is 1.60. The number of Topliss-reactive ketones (excluding diaryl/α,β-unsaturated/α-hetero) is 1. The van der Waals surface area contributed by atoms with Crippen molar-refractivity contribution in [3.63, 3.8) is 0 Å². The van der Waals surface area contributed by atoms with E-state index in [1.807, 2.05) is 19.1 Å². The van der Waals surface area contributed by atoms with Gasteiger partial charge in [0.25, 0.3) is 0 Å². The number of carbonyl (C=O) groups is 1. The van der Waals surface area contributed by atoms with Gasteiger partial charge in [0, 0.05) is 6.42 Å². The smallest absolute Gasteiger partial charge is 0.134 e. The van der Waals surface area contributed by atoms with Crippen molar-refractivity contribution >= 4 is 5.78 Å². The minimum Gasteiger partial charge on any atom is -0.494 e. The summed E-state index contributed by atoms with van der Waals surface area (Å²) in [6.07, 6.45) is 1.44. The van der Waals surface area contributed by atoms with E-state index in [0.717, 1.165) is 17.7 Å². The maximum atomic E-state index is 11.0. The fourth-order valence-corrected chi connectivity index (χ4v) is 1.60. The van der Waals surface area contributed by atoms with Gasteiger partial charge in [0.2, 0.25) is 0 Å². The second-order valence-electron chi connectivity index (χ2n) is 3.61. The molecule has 0 saturated carbocycles. The van der Waals surface area contributed by atoms with Crippen LogP contribution in [0.2, 0.25) is 0 Å². The lowest BCUT2D eigenvalue weighted by atomic mass is 10.0. The highest BCUT2D eigenvalue weighted by atomic mass is 16.5. The van der Waals surface area contributed by atoms with Gasteiger partial charge in [-0.2, -0.15) is 0 Å². The van der Waals surface area contributed by atoms with Crippen LogP contribution in [0.3, 0.4) is 0 Å². The summed E-state index contributed by atoms with van der Waals surface area (Å²) in [5, 5.41) is 0. The molecule has 1 rings (SSSR count). The Bertz CT molecular complexity index is 342. The Morgan fingerprint density at radius 2 is 2.07 bits per heavy atom. The van der Waals surface area contributed by atoms with Crippen molar-refractivity contribution in [2.24, 2.45) is 0 Å².